The zero-order valence-electron chi connectivity index (χ0n) is 11.9. The molecule has 1 aromatic heterocycles. The first kappa shape index (κ1) is 14.7. The van der Waals surface area contributed by atoms with E-state index in [1.54, 1.807) is 19.2 Å². The molecule has 0 aliphatic rings. The van der Waals surface area contributed by atoms with Crippen molar-refractivity contribution in [1.82, 2.24) is 5.32 Å². The topological polar surface area (TPSA) is 51.5 Å². The summed E-state index contributed by atoms with van der Waals surface area (Å²) >= 11 is 3.18. The van der Waals surface area contributed by atoms with E-state index in [0.29, 0.717) is 11.2 Å². The normalized spacial score (nSPS) is 10.6. The maximum absolute atomic E-state index is 11.9. The summed E-state index contributed by atoms with van der Waals surface area (Å²) in [5.74, 6) is 0.884. The number of methoxy groups -OCH3 is 1. The van der Waals surface area contributed by atoms with Crippen LogP contribution < -0.4 is 10.1 Å². The lowest BCUT2D eigenvalue weighted by atomic mass is 10.1. The number of nitrogens with one attached hydrogen (secondary N) is 1. The average molecular weight is 360 g/mol. The minimum Gasteiger partial charge on any atom is -0.497 e. The van der Waals surface area contributed by atoms with Gasteiger partial charge in [0.15, 0.2) is 10.4 Å². The van der Waals surface area contributed by atoms with Crippen LogP contribution in [0.2, 0.25) is 0 Å². The number of carbonyl (C=O) groups is 1. The lowest BCUT2D eigenvalue weighted by Crippen LogP contribution is -2.22. The highest BCUT2D eigenvalue weighted by atomic mass is 79.9. The quantitative estimate of drug-likeness (QED) is 0.761. The van der Waals surface area contributed by atoms with Crippen molar-refractivity contribution in [2.45, 2.75) is 6.54 Å². The highest BCUT2D eigenvalue weighted by Crippen LogP contribution is 2.22. The molecule has 0 radical (unpaired) electrons. The van der Waals surface area contributed by atoms with Crippen molar-refractivity contribution in [3.05, 3.63) is 64.5 Å². The van der Waals surface area contributed by atoms with Gasteiger partial charge >= 0.3 is 0 Å². The van der Waals surface area contributed by atoms with E-state index in [1.165, 1.54) is 0 Å². The highest BCUT2D eigenvalue weighted by molar-refractivity contribution is 9.10. The molecule has 4 nitrogen and oxygen atoms in total. The molecule has 0 saturated heterocycles. The van der Waals surface area contributed by atoms with Crippen molar-refractivity contribution >= 4 is 32.6 Å². The molecule has 3 aromatic rings. The maximum Gasteiger partial charge on any atom is 0.287 e. The Bertz CT molecular complexity index is 826. The summed E-state index contributed by atoms with van der Waals surface area (Å²) in [5.41, 5.74) is 1.02. The number of hydrogen-bond acceptors (Lipinski definition) is 3. The van der Waals surface area contributed by atoms with Gasteiger partial charge in [0, 0.05) is 6.54 Å². The summed E-state index contributed by atoms with van der Waals surface area (Å²) in [5, 5.41) is 5.04. The van der Waals surface area contributed by atoms with Gasteiger partial charge in [-0.15, -0.1) is 0 Å². The van der Waals surface area contributed by atoms with Crippen molar-refractivity contribution in [3.63, 3.8) is 0 Å². The molecule has 0 unspecified atom stereocenters. The minimum absolute atomic E-state index is 0.236. The van der Waals surface area contributed by atoms with Crippen LogP contribution >= 0.6 is 15.9 Å². The number of furan rings is 1. The molecule has 0 atom stereocenters. The Morgan fingerprint density at radius 1 is 1.14 bits per heavy atom. The van der Waals surface area contributed by atoms with Gasteiger partial charge in [-0.1, -0.05) is 18.2 Å². The molecule has 5 heteroatoms. The number of rotatable bonds is 4. The molecular weight excluding hydrogens is 346 g/mol. The second kappa shape index (κ2) is 6.23. The number of fused-ring (bicyclic) bond motifs is 1. The Balaban J connectivity index is 1.72. The van der Waals surface area contributed by atoms with Crippen LogP contribution in [0.3, 0.4) is 0 Å². The number of benzene rings is 2. The van der Waals surface area contributed by atoms with Gasteiger partial charge in [0.1, 0.15) is 5.75 Å². The fourth-order valence-corrected chi connectivity index (χ4v) is 2.52. The SMILES string of the molecule is COc1ccc2cc(CNC(=O)c3ccc(Br)o3)ccc2c1. The molecule has 0 bridgehead atoms. The largest absolute Gasteiger partial charge is 0.497 e. The van der Waals surface area contributed by atoms with Gasteiger partial charge in [-0.3, -0.25) is 4.79 Å². The second-order valence-electron chi connectivity index (χ2n) is 4.83. The molecule has 0 aliphatic heterocycles. The van der Waals surface area contributed by atoms with Crippen molar-refractivity contribution in [1.29, 1.82) is 0 Å². The second-order valence-corrected chi connectivity index (χ2v) is 5.62. The summed E-state index contributed by atoms with van der Waals surface area (Å²) in [4.78, 5) is 11.9. The number of ether oxygens (including phenoxy) is 1. The van der Waals surface area contributed by atoms with Gasteiger partial charge < -0.3 is 14.5 Å². The van der Waals surface area contributed by atoms with E-state index in [9.17, 15) is 4.79 Å². The minimum atomic E-state index is -0.236. The monoisotopic (exact) mass is 359 g/mol. The van der Waals surface area contributed by atoms with Gasteiger partial charge in [-0.2, -0.15) is 0 Å². The Labute approximate surface area is 136 Å². The van der Waals surface area contributed by atoms with Crippen molar-refractivity contribution in [3.8, 4) is 5.75 Å². The molecular formula is C17H14BrNO3. The molecule has 2 aromatic carbocycles. The number of amides is 1. The van der Waals surface area contributed by atoms with Crippen LogP contribution in [0.5, 0.6) is 5.75 Å². The fourth-order valence-electron chi connectivity index (χ4n) is 2.22. The van der Waals surface area contributed by atoms with Crippen LogP contribution in [0.4, 0.5) is 0 Å². The Morgan fingerprint density at radius 3 is 2.64 bits per heavy atom. The van der Waals surface area contributed by atoms with E-state index in [-0.39, 0.29) is 11.7 Å². The molecule has 1 N–H and O–H groups in total. The van der Waals surface area contributed by atoms with E-state index in [0.717, 1.165) is 22.1 Å². The lowest BCUT2D eigenvalue weighted by molar-refractivity contribution is 0.0922. The third-order valence-electron chi connectivity index (χ3n) is 3.36. The molecule has 3 rings (SSSR count). The average Bonchev–Trinajstić information content (AvgIpc) is 2.98. The molecule has 22 heavy (non-hydrogen) atoms. The standard InChI is InChI=1S/C17H14BrNO3/c1-21-14-5-4-12-8-11(2-3-13(12)9-14)10-19-17(20)15-6-7-16(18)22-15/h2-9H,10H2,1H3,(H,19,20). The van der Waals surface area contributed by atoms with E-state index < -0.39 is 0 Å². The van der Waals surface area contributed by atoms with E-state index in [1.807, 2.05) is 36.4 Å². The van der Waals surface area contributed by atoms with E-state index >= 15 is 0 Å². The van der Waals surface area contributed by atoms with E-state index in [2.05, 4.69) is 21.2 Å². The molecule has 0 saturated carbocycles. The van der Waals surface area contributed by atoms with Crippen LogP contribution in [0.15, 0.2) is 57.6 Å². The third-order valence-corrected chi connectivity index (χ3v) is 3.79. The van der Waals surface area contributed by atoms with Gasteiger partial charge in [0.05, 0.1) is 7.11 Å². The summed E-state index contributed by atoms with van der Waals surface area (Å²) in [6.45, 7) is 0.444. The fraction of sp³-hybridized carbons (Fsp3) is 0.118. The smallest absolute Gasteiger partial charge is 0.287 e. The molecule has 0 fully saturated rings. The zero-order valence-corrected chi connectivity index (χ0v) is 13.5. The predicted molar refractivity (Wildman–Crippen MR) is 88.1 cm³/mol. The molecule has 112 valence electrons. The molecule has 0 aliphatic carbocycles. The van der Waals surface area contributed by atoms with Gasteiger partial charge in [-0.25, -0.2) is 0 Å². The van der Waals surface area contributed by atoms with Crippen molar-refractivity contribution in [2.75, 3.05) is 7.11 Å². The maximum atomic E-state index is 11.9. The van der Waals surface area contributed by atoms with E-state index in [4.69, 9.17) is 9.15 Å². The van der Waals surface area contributed by atoms with Crippen LogP contribution in [-0.4, -0.2) is 13.0 Å². The Hall–Kier alpha value is -2.27. The predicted octanol–water partition coefficient (Wildman–Crippen LogP) is 4.13. The summed E-state index contributed by atoms with van der Waals surface area (Å²) in [6, 6.07) is 15.3. The number of hydrogen-bond donors (Lipinski definition) is 1. The van der Waals surface area contributed by atoms with Crippen LogP contribution in [-0.2, 0) is 6.54 Å². The van der Waals surface area contributed by atoms with Crippen LogP contribution in [0.25, 0.3) is 10.8 Å². The van der Waals surface area contributed by atoms with Crippen LogP contribution in [0.1, 0.15) is 16.1 Å². The summed E-state index contributed by atoms with van der Waals surface area (Å²) in [6.07, 6.45) is 0. The Kier molecular flexibility index (Phi) is 4.15. The van der Waals surface area contributed by atoms with Gasteiger partial charge in [-0.05, 0) is 62.6 Å². The zero-order chi connectivity index (χ0) is 15.5. The highest BCUT2D eigenvalue weighted by Gasteiger charge is 2.09. The Morgan fingerprint density at radius 2 is 1.91 bits per heavy atom. The first-order valence-electron chi connectivity index (χ1n) is 6.76. The molecule has 0 spiro atoms. The van der Waals surface area contributed by atoms with Crippen LogP contribution in [0, 0.1) is 0 Å². The van der Waals surface area contributed by atoms with Gasteiger partial charge in [0.25, 0.3) is 5.91 Å². The summed E-state index contributed by atoms with van der Waals surface area (Å²) in [7, 11) is 1.65. The first-order valence-corrected chi connectivity index (χ1v) is 7.55. The lowest BCUT2D eigenvalue weighted by Gasteiger charge is -2.07. The van der Waals surface area contributed by atoms with Gasteiger partial charge in [0.2, 0.25) is 0 Å². The number of halogens is 1. The first-order chi connectivity index (χ1) is 10.7. The van der Waals surface area contributed by atoms with Crippen molar-refractivity contribution in [2.24, 2.45) is 0 Å². The number of carbonyl (C=O) groups excluding carboxylic acids is 1. The molecule has 1 amide bonds. The third kappa shape index (κ3) is 3.14. The van der Waals surface area contributed by atoms with Crippen molar-refractivity contribution < 1.29 is 13.9 Å². The summed E-state index contributed by atoms with van der Waals surface area (Å²) < 4.78 is 11.0. The molecule has 1 heterocycles.